The third-order valence-electron chi connectivity index (χ3n) is 2.36. The molecular weight excluding hydrogens is 228 g/mol. The van der Waals surface area contributed by atoms with Gasteiger partial charge in [-0.15, -0.1) is 0 Å². The fraction of sp³-hybridized carbons (Fsp3) is 0.357. The zero-order valence-corrected chi connectivity index (χ0v) is 11.1. The summed E-state index contributed by atoms with van der Waals surface area (Å²) >= 11 is 0. The molecule has 0 bridgehead atoms. The topological polar surface area (TPSA) is 50.4 Å². The SMILES string of the molecule is COc1ccccc1CCNC(=O)NC=C(C)C. The van der Waals surface area contributed by atoms with Gasteiger partial charge in [0.25, 0.3) is 0 Å². The lowest BCUT2D eigenvalue weighted by molar-refractivity contribution is 0.244. The second-order valence-corrected chi connectivity index (χ2v) is 4.18. The summed E-state index contributed by atoms with van der Waals surface area (Å²) in [7, 11) is 1.65. The maximum absolute atomic E-state index is 11.4. The third-order valence-corrected chi connectivity index (χ3v) is 2.36. The summed E-state index contributed by atoms with van der Waals surface area (Å²) in [6.07, 6.45) is 2.42. The predicted molar refractivity (Wildman–Crippen MR) is 72.7 cm³/mol. The molecule has 4 nitrogen and oxygen atoms in total. The highest BCUT2D eigenvalue weighted by Crippen LogP contribution is 2.17. The first kappa shape index (κ1) is 14.1. The molecular formula is C14H20N2O2. The molecule has 0 spiro atoms. The van der Waals surface area contributed by atoms with E-state index in [1.54, 1.807) is 13.3 Å². The smallest absolute Gasteiger partial charge is 0.318 e. The lowest BCUT2D eigenvalue weighted by atomic mass is 10.1. The van der Waals surface area contributed by atoms with Gasteiger partial charge in [0.1, 0.15) is 5.75 Å². The molecule has 0 saturated heterocycles. The highest BCUT2D eigenvalue weighted by molar-refractivity contribution is 5.74. The molecule has 0 unspecified atom stereocenters. The minimum absolute atomic E-state index is 0.189. The molecule has 2 amide bonds. The summed E-state index contributed by atoms with van der Waals surface area (Å²) in [5, 5.41) is 5.44. The molecule has 0 aliphatic heterocycles. The Hall–Kier alpha value is -1.97. The van der Waals surface area contributed by atoms with Crippen molar-refractivity contribution < 1.29 is 9.53 Å². The number of carbonyl (C=O) groups excluding carboxylic acids is 1. The highest BCUT2D eigenvalue weighted by Gasteiger charge is 2.02. The van der Waals surface area contributed by atoms with Gasteiger partial charge in [0, 0.05) is 12.7 Å². The Bertz CT molecular complexity index is 424. The van der Waals surface area contributed by atoms with E-state index in [1.807, 2.05) is 38.1 Å². The van der Waals surface area contributed by atoms with Crippen LogP contribution in [-0.2, 0) is 6.42 Å². The van der Waals surface area contributed by atoms with Gasteiger partial charge in [-0.1, -0.05) is 23.8 Å². The van der Waals surface area contributed by atoms with Gasteiger partial charge in [0.05, 0.1) is 7.11 Å². The first-order valence-corrected chi connectivity index (χ1v) is 5.93. The average molecular weight is 248 g/mol. The van der Waals surface area contributed by atoms with Crippen LogP contribution in [0.1, 0.15) is 19.4 Å². The largest absolute Gasteiger partial charge is 0.496 e. The molecule has 4 heteroatoms. The van der Waals surface area contributed by atoms with E-state index < -0.39 is 0 Å². The van der Waals surface area contributed by atoms with Crippen molar-refractivity contribution in [2.75, 3.05) is 13.7 Å². The molecule has 0 fully saturated rings. The van der Waals surface area contributed by atoms with Gasteiger partial charge in [0.15, 0.2) is 0 Å². The van der Waals surface area contributed by atoms with Crippen LogP contribution in [-0.4, -0.2) is 19.7 Å². The lowest BCUT2D eigenvalue weighted by Crippen LogP contribution is -2.33. The van der Waals surface area contributed by atoms with E-state index in [1.165, 1.54) is 0 Å². The van der Waals surface area contributed by atoms with Crippen molar-refractivity contribution in [3.63, 3.8) is 0 Å². The van der Waals surface area contributed by atoms with Gasteiger partial charge in [0.2, 0.25) is 0 Å². The van der Waals surface area contributed by atoms with Gasteiger partial charge >= 0.3 is 6.03 Å². The molecule has 0 radical (unpaired) electrons. The van der Waals surface area contributed by atoms with Gasteiger partial charge in [-0.2, -0.15) is 0 Å². The van der Waals surface area contributed by atoms with Crippen LogP contribution < -0.4 is 15.4 Å². The Kier molecular flexibility index (Phi) is 5.77. The predicted octanol–water partition coefficient (Wildman–Crippen LogP) is 2.46. The van der Waals surface area contributed by atoms with Crippen LogP contribution in [0.15, 0.2) is 36.0 Å². The number of hydrogen-bond donors (Lipinski definition) is 2. The van der Waals surface area contributed by atoms with Crippen LogP contribution in [0.2, 0.25) is 0 Å². The summed E-state index contributed by atoms with van der Waals surface area (Å²) in [5.74, 6) is 0.851. The monoisotopic (exact) mass is 248 g/mol. The van der Waals surface area contributed by atoms with Gasteiger partial charge in [-0.3, -0.25) is 0 Å². The Morgan fingerprint density at radius 3 is 2.72 bits per heavy atom. The number of ether oxygens (including phenoxy) is 1. The fourth-order valence-electron chi connectivity index (χ4n) is 1.48. The van der Waals surface area contributed by atoms with Crippen molar-refractivity contribution in [3.8, 4) is 5.75 Å². The van der Waals surface area contributed by atoms with Gasteiger partial charge in [-0.25, -0.2) is 4.79 Å². The number of carbonyl (C=O) groups is 1. The molecule has 0 heterocycles. The zero-order valence-electron chi connectivity index (χ0n) is 11.1. The second-order valence-electron chi connectivity index (χ2n) is 4.18. The summed E-state index contributed by atoms with van der Waals surface area (Å²) in [5.41, 5.74) is 2.14. The minimum Gasteiger partial charge on any atom is -0.496 e. The molecule has 98 valence electrons. The van der Waals surface area contributed by atoms with Crippen molar-refractivity contribution in [1.29, 1.82) is 0 Å². The lowest BCUT2D eigenvalue weighted by Gasteiger charge is -2.09. The van der Waals surface area contributed by atoms with Crippen LogP contribution >= 0.6 is 0 Å². The minimum atomic E-state index is -0.189. The van der Waals surface area contributed by atoms with E-state index in [2.05, 4.69) is 10.6 Å². The number of methoxy groups -OCH3 is 1. The van der Waals surface area contributed by atoms with Gasteiger partial charge < -0.3 is 15.4 Å². The Morgan fingerprint density at radius 1 is 1.33 bits per heavy atom. The fourth-order valence-corrected chi connectivity index (χ4v) is 1.48. The number of amides is 2. The van der Waals surface area contributed by atoms with Crippen LogP contribution in [0.5, 0.6) is 5.75 Å². The number of rotatable bonds is 5. The summed E-state index contributed by atoms with van der Waals surface area (Å²) in [6, 6.07) is 7.61. The highest BCUT2D eigenvalue weighted by atomic mass is 16.5. The number of benzene rings is 1. The molecule has 0 aromatic heterocycles. The normalized spacial score (nSPS) is 9.50. The van der Waals surface area contributed by atoms with Crippen LogP contribution in [0, 0.1) is 0 Å². The number of nitrogens with one attached hydrogen (secondary N) is 2. The molecule has 0 atom stereocenters. The van der Waals surface area contributed by atoms with Crippen molar-refractivity contribution >= 4 is 6.03 Å². The van der Waals surface area contributed by atoms with Gasteiger partial charge in [-0.05, 0) is 31.9 Å². The van der Waals surface area contributed by atoms with E-state index in [9.17, 15) is 4.79 Å². The van der Waals surface area contributed by atoms with E-state index in [4.69, 9.17) is 4.74 Å². The molecule has 0 saturated carbocycles. The van der Waals surface area contributed by atoms with E-state index in [0.717, 1.165) is 23.3 Å². The molecule has 0 aliphatic carbocycles. The molecule has 18 heavy (non-hydrogen) atoms. The Balaban J connectivity index is 2.37. The number of urea groups is 1. The van der Waals surface area contributed by atoms with Crippen molar-refractivity contribution in [2.45, 2.75) is 20.3 Å². The molecule has 2 N–H and O–H groups in total. The molecule has 1 aromatic rings. The average Bonchev–Trinajstić information content (AvgIpc) is 2.37. The molecule has 1 aromatic carbocycles. The first-order valence-electron chi connectivity index (χ1n) is 5.93. The van der Waals surface area contributed by atoms with Crippen LogP contribution in [0.25, 0.3) is 0 Å². The first-order chi connectivity index (χ1) is 8.63. The van der Waals surface area contributed by atoms with E-state index in [0.29, 0.717) is 6.54 Å². The number of para-hydroxylation sites is 1. The number of hydrogen-bond acceptors (Lipinski definition) is 2. The summed E-state index contributed by atoms with van der Waals surface area (Å²) in [4.78, 5) is 11.4. The number of allylic oxidation sites excluding steroid dienone is 1. The third kappa shape index (κ3) is 4.91. The maximum atomic E-state index is 11.4. The molecule has 0 aliphatic rings. The van der Waals surface area contributed by atoms with Crippen LogP contribution in [0.3, 0.4) is 0 Å². The quantitative estimate of drug-likeness (QED) is 0.841. The molecule has 1 rings (SSSR count). The van der Waals surface area contributed by atoms with Crippen molar-refractivity contribution in [3.05, 3.63) is 41.6 Å². The summed E-state index contributed by atoms with van der Waals surface area (Å²) < 4.78 is 5.24. The maximum Gasteiger partial charge on any atom is 0.318 e. The Labute approximate surface area is 108 Å². The Morgan fingerprint density at radius 2 is 2.06 bits per heavy atom. The zero-order chi connectivity index (χ0) is 13.4. The summed E-state index contributed by atoms with van der Waals surface area (Å²) in [6.45, 7) is 4.42. The van der Waals surface area contributed by atoms with E-state index >= 15 is 0 Å². The van der Waals surface area contributed by atoms with E-state index in [-0.39, 0.29) is 6.03 Å². The van der Waals surface area contributed by atoms with Crippen LogP contribution in [0.4, 0.5) is 4.79 Å². The second kappa shape index (κ2) is 7.37. The standard InChI is InChI=1S/C14H20N2O2/c1-11(2)10-16-14(17)15-9-8-12-6-4-5-7-13(12)18-3/h4-7,10H,8-9H2,1-3H3,(H2,15,16,17). The van der Waals surface area contributed by atoms with Crippen molar-refractivity contribution in [2.24, 2.45) is 0 Å². The van der Waals surface area contributed by atoms with Crippen molar-refractivity contribution in [1.82, 2.24) is 10.6 Å².